The monoisotopic (exact) mass is 414 g/mol. The van der Waals surface area contributed by atoms with Crippen molar-refractivity contribution < 1.29 is 63.4 Å². The van der Waals surface area contributed by atoms with E-state index in [1.807, 2.05) is 0 Å². The van der Waals surface area contributed by atoms with Crippen molar-refractivity contribution in [1.82, 2.24) is 0 Å². The van der Waals surface area contributed by atoms with Crippen molar-refractivity contribution in [3.63, 3.8) is 0 Å². The Kier molecular flexibility index (Phi) is 43.5. The molecule has 0 aromatic carbocycles. The van der Waals surface area contributed by atoms with Crippen molar-refractivity contribution in [3.8, 4) is 0 Å². The molecule has 4 heteroatoms. The van der Waals surface area contributed by atoms with Crippen LogP contribution in [-0.4, -0.2) is 12.1 Å². The second-order valence-corrected chi connectivity index (χ2v) is 1.48. The zero-order valence-electron chi connectivity index (χ0n) is 7.72. The molecule has 2 nitrogen and oxygen atoms in total. The average molecular weight is 414 g/mol. The molecule has 0 aliphatic carbocycles. The van der Waals surface area contributed by atoms with E-state index >= 15 is 0 Å². The molecule has 12 heavy (non-hydrogen) atoms. The number of hydrogen-bond donors (Lipinski definition) is 0. The number of ketones is 1. The fourth-order valence-electron chi connectivity index (χ4n) is 0.212. The van der Waals surface area contributed by atoms with Crippen molar-refractivity contribution >= 4 is 12.1 Å². The summed E-state index contributed by atoms with van der Waals surface area (Å²) in [6.45, 7) is 4.71. The Bertz CT molecular complexity index is 135. The Balaban J connectivity index is -0.0000000408. The first-order valence-electron chi connectivity index (χ1n) is 2.22. The number of rotatable bonds is 3. The minimum absolute atomic E-state index is 0. The third-order valence-corrected chi connectivity index (χ3v) is 0.783. The average Bonchev–Trinajstić information content (AvgIpc) is 1.67. The summed E-state index contributed by atoms with van der Waals surface area (Å²) in [7, 11) is 0. The summed E-state index contributed by atoms with van der Waals surface area (Å²) in [6.07, 6.45) is 1.62. The molecule has 0 aromatic rings. The van der Waals surface area contributed by atoms with Crippen molar-refractivity contribution in [2.24, 2.45) is 0 Å². The Hall–Kier alpha value is 0.872. The Morgan fingerprint density at radius 2 is 1.75 bits per heavy atom. The first-order chi connectivity index (χ1) is 3.68. The van der Waals surface area contributed by atoms with Gasteiger partial charge in [0.15, 0.2) is 5.78 Å². The second-order valence-electron chi connectivity index (χ2n) is 1.48. The van der Waals surface area contributed by atoms with E-state index in [0.29, 0.717) is 5.57 Å². The number of Topliss-reactive ketones (excluding diaryl/α,β-unsaturated/α-hetero) is 1. The first-order valence-corrected chi connectivity index (χ1v) is 2.22. The predicted octanol–water partition coefficient (Wildman–Crippen LogP) is 1.53. The third-order valence-electron chi connectivity index (χ3n) is 0.783. The molecule has 0 aliphatic heterocycles. The van der Waals surface area contributed by atoms with Crippen LogP contribution < -0.4 is 0 Å². The minimum atomic E-state index is -0.145. The van der Waals surface area contributed by atoms with E-state index in [4.69, 9.17) is 0 Å². The summed E-state index contributed by atoms with van der Waals surface area (Å²) >= 11 is 0. The number of hydrogen-bond acceptors (Lipinski definition) is 2. The first kappa shape index (κ1) is 29.3. The van der Waals surface area contributed by atoms with E-state index < -0.39 is 0 Å². The maximum atomic E-state index is 10.3. The van der Waals surface area contributed by atoms with Crippen LogP contribution in [-0.2, 0) is 63.4 Å². The van der Waals surface area contributed by atoms with Crippen LogP contribution in [0.4, 0.5) is 0 Å². The smallest absolute Gasteiger partial charge is 0.541 e. The van der Waals surface area contributed by atoms with Crippen LogP contribution in [0.3, 0.4) is 0 Å². The van der Waals surface area contributed by atoms with Crippen LogP contribution in [0.15, 0.2) is 12.2 Å². The molecule has 0 atom stereocenters. The quantitative estimate of drug-likeness (QED) is 0.519. The molecule has 0 unspecified atom stereocenters. The van der Waals surface area contributed by atoms with Gasteiger partial charge in [-0.05, 0) is 12.5 Å². The maximum absolute atomic E-state index is 10.3. The summed E-state index contributed by atoms with van der Waals surface area (Å²) < 4.78 is 0. The predicted molar refractivity (Wildman–Crippen MR) is 43.0 cm³/mol. The molecule has 0 amide bonds. The van der Waals surface area contributed by atoms with E-state index in [0.717, 1.165) is 0 Å². The van der Waals surface area contributed by atoms with Gasteiger partial charge in [-0.1, -0.05) is 6.58 Å². The normalized spacial score (nSPS) is 5.42. The van der Waals surface area contributed by atoms with Gasteiger partial charge in [0.2, 0.25) is 0 Å². The second kappa shape index (κ2) is 17.8. The van der Waals surface area contributed by atoms with Crippen LogP contribution in [0.5, 0.6) is 0 Å². The summed E-state index contributed by atoms with van der Waals surface area (Å²) in [6, 6.07) is 0. The van der Waals surface area contributed by atoms with Gasteiger partial charge in [-0.2, -0.15) is 0 Å². The van der Waals surface area contributed by atoms with Gasteiger partial charge in [0.1, 0.15) is 0 Å². The molecule has 0 aromatic heterocycles. The molecule has 1 radical (unpaired) electrons. The van der Waals surface area contributed by atoms with Crippen molar-refractivity contribution in [1.29, 1.82) is 0 Å². The van der Waals surface area contributed by atoms with Gasteiger partial charge in [0.25, 0.3) is 0 Å². The summed E-state index contributed by atoms with van der Waals surface area (Å²) in [4.78, 5) is 19.8. The van der Waals surface area contributed by atoms with Crippen molar-refractivity contribution in [2.45, 2.75) is 13.3 Å². The van der Waals surface area contributed by atoms with Gasteiger partial charge in [0, 0.05) is 32.7 Å². The van der Waals surface area contributed by atoms with Gasteiger partial charge < -0.3 is 19.6 Å². The summed E-state index contributed by atoms with van der Waals surface area (Å²) in [5.74, 6) is -0.145. The fourth-order valence-corrected chi connectivity index (χ4v) is 0.212. The molecule has 0 saturated heterocycles. The van der Waals surface area contributed by atoms with E-state index in [2.05, 4.69) is 6.58 Å². The molecule has 0 rings (SSSR count). The van der Waals surface area contributed by atoms with E-state index in [-0.39, 0.29) is 80.8 Å². The Labute approximate surface area is 115 Å². The van der Waals surface area contributed by atoms with Gasteiger partial charge in [-0.15, -0.1) is 6.42 Å². The topological polar surface area (TPSA) is 34.1 Å². The minimum Gasteiger partial charge on any atom is -0.541 e. The maximum Gasteiger partial charge on any atom is 2.00 e. The molecule has 0 bridgehead atoms. The molecule has 0 N–H and O–H groups in total. The summed E-state index contributed by atoms with van der Waals surface area (Å²) in [5.41, 5.74) is 0.319. The van der Waals surface area contributed by atoms with E-state index in [1.165, 1.54) is 6.92 Å². The Morgan fingerprint density at radius 3 is 1.83 bits per heavy atom. The molecule has 0 fully saturated rings. The van der Waals surface area contributed by atoms with E-state index in [9.17, 15) is 9.59 Å². The zero-order valence-corrected chi connectivity index (χ0v) is 13.5. The molecule has 0 heterocycles. The summed E-state index contributed by atoms with van der Waals surface area (Å²) in [5, 5.41) is 0. The van der Waals surface area contributed by atoms with Crippen LogP contribution in [0.25, 0.3) is 0 Å². The standard InChI is InChI=1S/C6H7O2.2CH3.W.Y/c1-5(3-4-7)6(2)8;;;;/h1,3H2,2H3;2*1H3;;/q3*-1;+2;. The van der Waals surface area contributed by atoms with Gasteiger partial charge >= 0.3 is 21.1 Å². The van der Waals surface area contributed by atoms with E-state index in [1.54, 1.807) is 6.29 Å². The largest absolute Gasteiger partial charge is 2.00 e. The molecule has 0 aliphatic rings. The number of allylic oxidation sites excluding steroid dienone is 1. The molecular formula is C8H13O2WY-. The third kappa shape index (κ3) is 17.1. The molecular weight excluding hydrogens is 401 g/mol. The van der Waals surface area contributed by atoms with Crippen LogP contribution in [0.1, 0.15) is 13.3 Å². The zero-order chi connectivity index (χ0) is 6.57. The van der Waals surface area contributed by atoms with Gasteiger partial charge in [-0.25, -0.2) is 0 Å². The number of carbonyl (C=O) groups excluding carboxylic acids is 2. The van der Waals surface area contributed by atoms with Gasteiger partial charge in [-0.3, -0.25) is 11.1 Å². The molecule has 0 saturated carbocycles. The SMILES string of the molecule is C=C(C[C-]=O)C(C)=O.[CH3-].[CH3-].[W+2].[Y]. The fraction of sp³-hybridized carbons (Fsp3) is 0.250. The van der Waals surface area contributed by atoms with Gasteiger partial charge in [0.05, 0.1) is 0 Å². The molecule has 67 valence electrons. The van der Waals surface area contributed by atoms with Crippen molar-refractivity contribution in [2.75, 3.05) is 0 Å². The van der Waals surface area contributed by atoms with Crippen LogP contribution in [0.2, 0.25) is 0 Å². The Morgan fingerprint density at radius 1 is 1.42 bits per heavy atom. The van der Waals surface area contributed by atoms with Crippen LogP contribution in [0, 0.1) is 14.9 Å². The van der Waals surface area contributed by atoms with Crippen molar-refractivity contribution in [3.05, 3.63) is 27.0 Å². The van der Waals surface area contributed by atoms with Crippen LogP contribution >= 0.6 is 0 Å². The molecule has 0 spiro atoms. The number of carbonyl (C=O) groups is 1.